The molecule has 0 fully saturated rings. The highest BCUT2D eigenvalue weighted by Crippen LogP contribution is 2.19. The quantitative estimate of drug-likeness (QED) is 0.582. The number of carbonyl (C=O) groups is 4. The number of ether oxygens (including phenoxy) is 2. The summed E-state index contributed by atoms with van der Waals surface area (Å²) in [5.41, 5.74) is -0.645. The fourth-order valence-electron chi connectivity index (χ4n) is 1.48. The van der Waals surface area contributed by atoms with E-state index in [2.05, 4.69) is 9.47 Å². The van der Waals surface area contributed by atoms with Gasteiger partial charge in [0.15, 0.2) is 12.6 Å². The summed E-state index contributed by atoms with van der Waals surface area (Å²) in [5.74, 6) is -1.78. The largest absolute Gasteiger partial charge is 0.465 e. The van der Waals surface area contributed by atoms with E-state index in [0.29, 0.717) is 12.6 Å². The Morgan fingerprint density at radius 3 is 1.44 bits per heavy atom. The van der Waals surface area contributed by atoms with Crippen LogP contribution in [0.1, 0.15) is 41.4 Å². The van der Waals surface area contributed by atoms with Gasteiger partial charge in [-0.25, -0.2) is 9.59 Å². The molecule has 0 amide bonds. The first-order chi connectivity index (χ1) is 8.60. The van der Waals surface area contributed by atoms with Crippen LogP contribution in [0.15, 0.2) is 12.1 Å². The van der Waals surface area contributed by atoms with Gasteiger partial charge in [0.1, 0.15) is 0 Å². The number of carbonyl (C=O) groups excluding carboxylic acids is 4. The molecule has 0 atom stereocenters. The maximum atomic E-state index is 11.6. The van der Waals surface area contributed by atoms with Crippen molar-refractivity contribution in [1.82, 2.24) is 0 Å². The molecule has 0 aliphatic heterocycles. The summed E-state index contributed by atoms with van der Waals surface area (Å²) < 4.78 is 8.98. The smallest absolute Gasteiger partial charge is 0.339 e. The van der Waals surface area contributed by atoms with Gasteiger partial charge >= 0.3 is 11.9 Å². The van der Waals surface area contributed by atoms with E-state index in [0.717, 1.165) is 14.2 Å². The second-order valence-corrected chi connectivity index (χ2v) is 3.21. The van der Waals surface area contributed by atoms with Crippen molar-refractivity contribution in [3.63, 3.8) is 0 Å². The topological polar surface area (TPSA) is 86.7 Å². The highest BCUT2D eigenvalue weighted by atomic mass is 16.5. The third-order valence-electron chi connectivity index (χ3n) is 2.30. The van der Waals surface area contributed by atoms with E-state index < -0.39 is 11.9 Å². The Morgan fingerprint density at radius 2 is 1.22 bits per heavy atom. The van der Waals surface area contributed by atoms with Crippen LogP contribution in [0, 0.1) is 0 Å². The number of rotatable bonds is 4. The Hall–Kier alpha value is -2.50. The Bertz CT molecular complexity index is 471. The number of aldehydes is 2. The highest BCUT2D eigenvalue weighted by molar-refractivity contribution is 6.11. The average Bonchev–Trinajstić information content (AvgIpc) is 2.43. The number of esters is 2. The van der Waals surface area contributed by atoms with Gasteiger partial charge in [-0.15, -0.1) is 0 Å². The van der Waals surface area contributed by atoms with Crippen LogP contribution in [0.25, 0.3) is 0 Å². The van der Waals surface area contributed by atoms with Crippen LogP contribution in [-0.2, 0) is 9.47 Å². The standard InChI is InChI=1S/C12H10O6/c1-17-11(15)9-7(5-13)3-4-8(6-14)10(9)12(16)18-2/h3-6H,1-2H3. The second kappa shape index (κ2) is 5.72. The summed E-state index contributed by atoms with van der Waals surface area (Å²) in [5, 5.41) is 0. The summed E-state index contributed by atoms with van der Waals surface area (Å²) in [7, 11) is 2.21. The van der Waals surface area contributed by atoms with Crippen molar-refractivity contribution in [2.45, 2.75) is 0 Å². The van der Waals surface area contributed by atoms with Crippen LogP contribution in [0.5, 0.6) is 0 Å². The van der Waals surface area contributed by atoms with Crippen molar-refractivity contribution in [1.29, 1.82) is 0 Å². The first-order valence-corrected chi connectivity index (χ1v) is 4.84. The third-order valence-corrected chi connectivity index (χ3v) is 2.30. The number of hydrogen-bond donors (Lipinski definition) is 0. The summed E-state index contributed by atoms with van der Waals surface area (Å²) in [6.45, 7) is 0. The fourth-order valence-corrected chi connectivity index (χ4v) is 1.48. The van der Waals surface area contributed by atoms with Gasteiger partial charge in [-0.05, 0) is 0 Å². The lowest BCUT2D eigenvalue weighted by Gasteiger charge is -2.10. The molecule has 0 unspecified atom stereocenters. The predicted molar refractivity (Wildman–Crippen MR) is 59.9 cm³/mol. The minimum atomic E-state index is -0.888. The maximum Gasteiger partial charge on any atom is 0.339 e. The first-order valence-electron chi connectivity index (χ1n) is 4.84. The van der Waals surface area contributed by atoms with Crippen LogP contribution in [0.4, 0.5) is 0 Å². The summed E-state index contributed by atoms with van der Waals surface area (Å²) in [6, 6.07) is 2.52. The SMILES string of the molecule is COC(=O)c1c(C=O)ccc(C=O)c1C(=O)OC. The molecule has 0 aromatic heterocycles. The Balaban J connectivity index is 3.68. The van der Waals surface area contributed by atoms with E-state index in [1.165, 1.54) is 12.1 Å². The van der Waals surface area contributed by atoms with Crippen molar-refractivity contribution < 1.29 is 28.7 Å². The van der Waals surface area contributed by atoms with Crippen LogP contribution in [-0.4, -0.2) is 38.7 Å². The average molecular weight is 250 g/mol. The van der Waals surface area contributed by atoms with E-state index in [1.54, 1.807) is 0 Å². The number of methoxy groups -OCH3 is 2. The fraction of sp³-hybridized carbons (Fsp3) is 0.167. The van der Waals surface area contributed by atoms with Crippen molar-refractivity contribution in [2.75, 3.05) is 14.2 Å². The van der Waals surface area contributed by atoms with Crippen molar-refractivity contribution in [2.24, 2.45) is 0 Å². The van der Waals surface area contributed by atoms with Gasteiger partial charge in [-0.2, -0.15) is 0 Å². The summed E-state index contributed by atoms with van der Waals surface area (Å²) >= 11 is 0. The molecule has 94 valence electrons. The lowest BCUT2D eigenvalue weighted by Crippen LogP contribution is -2.17. The van der Waals surface area contributed by atoms with E-state index in [4.69, 9.17) is 0 Å². The molecule has 1 aromatic rings. The Morgan fingerprint density at radius 1 is 0.889 bits per heavy atom. The Kier molecular flexibility index (Phi) is 4.31. The van der Waals surface area contributed by atoms with Crippen molar-refractivity contribution in [3.05, 3.63) is 34.4 Å². The molecule has 0 saturated carbocycles. The van der Waals surface area contributed by atoms with Crippen LogP contribution in [0.3, 0.4) is 0 Å². The molecule has 1 rings (SSSR count). The van der Waals surface area contributed by atoms with Gasteiger partial charge < -0.3 is 9.47 Å². The second-order valence-electron chi connectivity index (χ2n) is 3.21. The molecule has 0 saturated heterocycles. The normalized spacial score (nSPS) is 9.44. The molecule has 18 heavy (non-hydrogen) atoms. The van der Waals surface area contributed by atoms with Gasteiger partial charge in [0.25, 0.3) is 0 Å². The van der Waals surface area contributed by atoms with E-state index in [9.17, 15) is 19.2 Å². The molecule has 1 aromatic carbocycles. The van der Waals surface area contributed by atoms with Crippen LogP contribution in [0.2, 0.25) is 0 Å². The van der Waals surface area contributed by atoms with Gasteiger partial charge in [0, 0.05) is 11.1 Å². The van der Waals surface area contributed by atoms with Gasteiger partial charge in [0.05, 0.1) is 25.3 Å². The Labute approximate surface area is 102 Å². The minimum Gasteiger partial charge on any atom is -0.465 e. The molecular weight excluding hydrogens is 240 g/mol. The third kappa shape index (κ3) is 2.27. The maximum absolute atomic E-state index is 11.6. The molecular formula is C12H10O6. The van der Waals surface area contributed by atoms with E-state index in [1.807, 2.05) is 0 Å². The summed E-state index contributed by atoms with van der Waals surface area (Å²) in [4.78, 5) is 44.9. The van der Waals surface area contributed by atoms with E-state index >= 15 is 0 Å². The van der Waals surface area contributed by atoms with Gasteiger partial charge in [-0.3, -0.25) is 9.59 Å². The zero-order valence-corrected chi connectivity index (χ0v) is 9.76. The molecule has 0 heterocycles. The molecule has 0 bridgehead atoms. The molecule has 0 aliphatic carbocycles. The van der Waals surface area contributed by atoms with Crippen molar-refractivity contribution >= 4 is 24.5 Å². The lowest BCUT2D eigenvalue weighted by molar-refractivity contribution is 0.0553. The highest BCUT2D eigenvalue weighted by Gasteiger charge is 2.25. The van der Waals surface area contributed by atoms with E-state index in [-0.39, 0.29) is 22.3 Å². The molecule has 6 nitrogen and oxygen atoms in total. The predicted octanol–water partition coefficient (Wildman–Crippen LogP) is 0.885. The van der Waals surface area contributed by atoms with Crippen LogP contribution >= 0.6 is 0 Å². The zero-order chi connectivity index (χ0) is 13.7. The first kappa shape index (κ1) is 13.6. The monoisotopic (exact) mass is 250 g/mol. The molecule has 0 radical (unpaired) electrons. The van der Waals surface area contributed by atoms with Crippen molar-refractivity contribution in [3.8, 4) is 0 Å². The molecule has 0 N–H and O–H groups in total. The minimum absolute atomic E-state index is 0.0483. The molecule has 0 spiro atoms. The number of benzene rings is 1. The zero-order valence-electron chi connectivity index (χ0n) is 9.76. The molecule has 6 heteroatoms. The van der Waals surface area contributed by atoms with Gasteiger partial charge in [0.2, 0.25) is 0 Å². The lowest BCUT2D eigenvalue weighted by atomic mass is 9.97. The number of hydrogen-bond acceptors (Lipinski definition) is 6. The molecule has 0 aliphatic rings. The van der Waals surface area contributed by atoms with Gasteiger partial charge in [-0.1, -0.05) is 12.1 Å². The van der Waals surface area contributed by atoms with Crippen LogP contribution < -0.4 is 0 Å². The summed E-state index contributed by atoms with van der Waals surface area (Å²) in [6.07, 6.45) is 0.792.